The van der Waals surface area contributed by atoms with E-state index in [1.807, 2.05) is 49.4 Å². The number of aryl methyl sites for hydroxylation is 1. The van der Waals surface area contributed by atoms with E-state index in [1.165, 1.54) is 0 Å². The van der Waals surface area contributed by atoms with Crippen LogP contribution in [0.4, 0.5) is 0 Å². The molecule has 144 valence electrons. The van der Waals surface area contributed by atoms with Gasteiger partial charge in [-0.05, 0) is 47.6 Å². The zero-order valence-electron chi connectivity index (χ0n) is 16.1. The number of ether oxygens (including phenoxy) is 2. The highest BCUT2D eigenvalue weighted by molar-refractivity contribution is 5.77. The largest absolute Gasteiger partial charge is 0.493 e. The predicted octanol–water partition coefficient (Wildman–Crippen LogP) is 3.15. The number of fused-ring (bicyclic) bond motifs is 1. The van der Waals surface area contributed by atoms with Gasteiger partial charge in [-0.2, -0.15) is 0 Å². The van der Waals surface area contributed by atoms with Crippen LogP contribution in [0.15, 0.2) is 42.5 Å². The number of rotatable bonds is 7. The van der Waals surface area contributed by atoms with Crippen molar-refractivity contribution in [2.75, 3.05) is 20.8 Å². The lowest BCUT2D eigenvalue weighted by Gasteiger charge is -2.25. The second kappa shape index (κ2) is 8.01. The molecular weight excluding hydrogens is 342 g/mol. The molecule has 0 saturated carbocycles. The average molecular weight is 369 g/mol. The Kier molecular flexibility index (Phi) is 5.71. The van der Waals surface area contributed by atoms with Crippen LogP contribution >= 0.6 is 0 Å². The van der Waals surface area contributed by atoms with Gasteiger partial charge in [0.2, 0.25) is 5.91 Å². The van der Waals surface area contributed by atoms with Crippen LogP contribution in [0.1, 0.15) is 42.4 Å². The molecule has 2 unspecified atom stereocenters. The zero-order valence-corrected chi connectivity index (χ0v) is 16.1. The molecule has 0 aliphatic heterocycles. The highest BCUT2D eigenvalue weighted by Crippen LogP contribution is 2.42. The lowest BCUT2D eigenvalue weighted by Crippen LogP contribution is -2.39. The van der Waals surface area contributed by atoms with Crippen LogP contribution in [0.25, 0.3) is 0 Å². The minimum absolute atomic E-state index is 0.0614. The van der Waals surface area contributed by atoms with Gasteiger partial charge in [0.05, 0.1) is 20.8 Å². The summed E-state index contributed by atoms with van der Waals surface area (Å²) in [5.41, 5.74) is 1.88. The number of carbonyl (C=O) groups excluding carboxylic acids is 1. The van der Waals surface area contributed by atoms with E-state index in [0.29, 0.717) is 24.3 Å². The van der Waals surface area contributed by atoms with Crippen LogP contribution < -0.4 is 14.8 Å². The van der Waals surface area contributed by atoms with Gasteiger partial charge in [0.25, 0.3) is 0 Å². The van der Waals surface area contributed by atoms with Crippen LogP contribution in [0.2, 0.25) is 0 Å². The molecule has 2 N–H and O–H groups in total. The summed E-state index contributed by atoms with van der Waals surface area (Å²) in [6.07, 6.45) is 1.69. The Balaban J connectivity index is 1.66. The van der Waals surface area contributed by atoms with E-state index in [9.17, 15) is 9.90 Å². The van der Waals surface area contributed by atoms with E-state index in [2.05, 4.69) is 5.32 Å². The zero-order chi connectivity index (χ0) is 19.4. The smallest absolute Gasteiger partial charge is 0.220 e. The molecule has 5 nitrogen and oxygen atoms in total. The number of hydrogen-bond acceptors (Lipinski definition) is 4. The Morgan fingerprint density at radius 2 is 1.85 bits per heavy atom. The Hall–Kier alpha value is -2.53. The summed E-state index contributed by atoms with van der Waals surface area (Å²) in [7, 11) is 3.17. The highest BCUT2D eigenvalue weighted by atomic mass is 16.5. The lowest BCUT2D eigenvalue weighted by atomic mass is 9.94. The first-order chi connectivity index (χ1) is 13.0. The predicted molar refractivity (Wildman–Crippen MR) is 104 cm³/mol. The summed E-state index contributed by atoms with van der Waals surface area (Å²) in [6.45, 7) is 2.22. The SMILES string of the molecule is COc1cc2c(cc1OC)C(O)(CNC(=O)CC(C)c1ccccc1)CC2. The number of hydrogen-bond donors (Lipinski definition) is 2. The fourth-order valence-corrected chi connectivity index (χ4v) is 3.72. The number of nitrogens with one attached hydrogen (secondary N) is 1. The molecule has 0 radical (unpaired) electrons. The summed E-state index contributed by atoms with van der Waals surface area (Å²) < 4.78 is 10.7. The van der Waals surface area contributed by atoms with Crippen molar-refractivity contribution in [2.45, 2.75) is 37.7 Å². The molecule has 2 atom stereocenters. The first-order valence-corrected chi connectivity index (χ1v) is 9.26. The van der Waals surface area contributed by atoms with Gasteiger partial charge in [-0.15, -0.1) is 0 Å². The van der Waals surface area contributed by atoms with Gasteiger partial charge in [0, 0.05) is 6.42 Å². The number of benzene rings is 2. The van der Waals surface area contributed by atoms with Crippen molar-refractivity contribution < 1.29 is 19.4 Å². The standard InChI is InChI=1S/C22H27NO4/c1-15(16-7-5-4-6-8-16)11-21(24)23-14-22(25)10-9-17-12-19(26-2)20(27-3)13-18(17)22/h4-8,12-13,15,25H,9-11,14H2,1-3H3,(H,23,24). The van der Waals surface area contributed by atoms with E-state index >= 15 is 0 Å². The van der Waals surface area contributed by atoms with Gasteiger partial charge in [0.1, 0.15) is 5.60 Å². The molecule has 0 heterocycles. The lowest BCUT2D eigenvalue weighted by molar-refractivity contribution is -0.122. The molecule has 1 aliphatic carbocycles. The highest BCUT2D eigenvalue weighted by Gasteiger charge is 2.38. The third-order valence-corrected chi connectivity index (χ3v) is 5.36. The quantitative estimate of drug-likeness (QED) is 0.787. The van der Waals surface area contributed by atoms with E-state index in [-0.39, 0.29) is 18.4 Å². The Bertz CT molecular complexity index is 805. The number of amides is 1. The number of methoxy groups -OCH3 is 2. The maximum Gasteiger partial charge on any atom is 0.220 e. The molecule has 27 heavy (non-hydrogen) atoms. The van der Waals surface area contributed by atoms with E-state index in [0.717, 1.165) is 23.1 Å². The van der Waals surface area contributed by atoms with Crippen LogP contribution in [0.5, 0.6) is 11.5 Å². The molecule has 1 amide bonds. The van der Waals surface area contributed by atoms with Crippen LogP contribution in [0, 0.1) is 0 Å². The molecule has 2 aromatic rings. The molecule has 0 fully saturated rings. The monoisotopic (exact) mass is 369 g/mol. The molecule has 5 heteroatoms. The fraction of sp³-hybridized carbons (Fsp3) is 0.409. The summed E-state index contributed by atoms with van der Waals surface area (Å²) in [5, 5.41) is 14.0. The van der Waals surface area contributed by atoms with E-state index < -0.39 is 5.60 Å². The molecule has 3 rings (SSSR count). The van der Waals surface area contributed by atoms with E-state index in [4.69, 9.17) is 9.47 Å². The minimum Gasteiger partial charge on any atom is -0.493 e. The van der Waals surface area contributed by atoms with Crippen molar-refractivity contribution in [3.05, 3.63) is 59.2 Å². The van der Waals surface area contributed by atoms with Crippen molar-refractivity contribution in [1.29, 1.82) is 0 Å². The van der Waals surface area contributed by atoms with Gasteiger partial charge in [0.15, 0.2) is 11.5 Å². The van der Waals surface area contributed by atoms with Crippen molar-refractivity contribution in [2.24, 2.45) is 0 Å². The molecule has 0 spiro atoms. The first kappa shape index (κ1) is 19.2. The van der Waals surface area contributed by atoms with Crippen molar-refractivity contribution in [3.63, 3.8) is 0 Å². The molecule has 1 aliphatic rings. The number of aliphatic hydroxyl groups is 1. The summed E-state index contributed by atoms with van der Waals surface area (Å²) in [4.78, 5) is 12.4. The third kappa shape index (κ3) is 4.08. The second-order valence-corrected chi connectivity index (χ2v) is 7.19. The minimum atomic E-state index is -1.08. The molecular formula is C22H27NO4. The van der Waals surface area contributed by atoms with Gasteiger partial charge in [-0.1, -0.05) is 37.3 Å². The summed E-state index contributed by atoms with van der Waals surface area (Å²) in [6, 6.07) is 13.7. The normalized spacial score (nSPS) is 19.3. The topological polar surface area (TPSA) is 67.8 Å². The van der Waals surface area contributed by atoms with Crippen LogP contribution in [-0.4, -0.2) is 31.8 Å². The number of carbonyl (C=O) groups is 1. The van der Waals surface area contributed by atoms with Crippen LogP contribution in [0.3, 0.4) is 0 Å². The van der Waals surface area contributed by atoms with Crippen molar-refractivity contribution in [3.8, 4) is 11.5 Å². The van der Waals surface area contributed by atoms with E-state index in [1.54, 1.807) is 14.2 Å². The maximum atomic E-state index is 12.4. The molecule has 0 bridgehead atoms. The van der Waals surface area contributed by atoms with Crippen LogP contribution in [-0.2, 0) is 16.8 Å². The first-order valence-electron chi connectivity index (χ1n) is 9.26. The summed E-state index contributed by atoms with van der Waals surface area (Å²) >= 11 is 0. The van der Waals surface area contributed by atoms with Crippen molar-refractivity contribution >= 4 is 5.91 Å². The summed E-state index contributed by atoms with van der Waals surface area (Å²) in [5.74, 6) is 1.30. The maximum absolute atomic E-state index is 12.4. The van der Waals surface area contributed by atoms with Gasteiger partial charge < -0.3 is 19.9 Å². The molecule has 0 aromatic heterocycles. The van der Waals surface area contributed by atoms with Gasteiger partial charge >= 0.3 is 0 Å². The molecule has 2 aromatic carbocycles. The average Bonchev–Trinajstić information content (AvgIpc) is 3.02. The fourth-order valence-electron chi connectivity index (χ4n) is 3.72. The van der Waals surface area contributed by atoms with Gasteiger partial charge in [-0.25, -0.2) is 0 Å². The third-order valence-electron chi connectivity index (χ3n) is 5.36. The Morgan fingerprint density at radius 1 is 1.19 bits per heavy atom. The van der Waals surface area contributed by atoms with Gasteiger partial charge in [-0.3, -0.25) is 4.79 Å². The Morgan fingerprint density at radius 3 is 2.52 bits per heavy atom. The van der Waals surface area contributed by atoms with Crippen molar-refractivity contribution in [1.82, 2.24) is 5.32 Å². The Labute approximate surface area is 160 Å². The second-order valence-electron chi connectivity index (χ2n) is 7.19. The molecule has 0 saturated heterocycles.